The molecule has 0 saturated carbocycles. The molecule has 1 aromatic heterocycles. The Bertz CT molecular complexity index is 930. The minimum absolute atomic E-state index is 0.00741. The van der Waals surface area contributed by atoms with Crippen LogP contribution in [0.5, 0.6) is 5.75 Å². The molecule has 2 aromatic carbocycles. The largest absolute Gasteiger partial charge is 0.508 e. The number of aromatic hydroxyl groups is 1. The summed E-state index contributed by atoms with van der Waals surface area (Å²) >= 11 is 0. The zero-order valence-corrected chi connectivity index (χ0v) is 12.1. The number of phenols is 1. The van der Waals surface area contributed by atoms with E-state index in [-0.39, 0.29) is 24.1 Å². The Hall–Kier alpha value is -3.21. The van der Waals surface area contributed by atoms with Gasteiger partial charge in [0.25, 0.3) is 11.8 Å². The molecule has 5 nitrogen and oxygen atoms in total. The fourth-order valence-electron chi connectivity index (χ4n) is 2.89. The van der Waals surface area contributed by atoms with Crippen LogP contribution in [-0.4, -0.2) is 26.8 Å². The van der Waals surface area contributed by atoms with Crippen LogP contribution < -0.4 is 0 Å². The molecule has 0 spiro atoms. The van der Waals surface area contributed by atoms with Gasteiger partial charge < -0.3 is 5.11 Å². The lowest BCUT2D eigenvalue weighted by atomic mass is 10.1. The molecule has 4 rings (SSSR count). The number of pyridine rings is 1. The van der Waals surface area contributed by atoms with Gasteiger partial charge in [-0.3, -0.25) is 19.5 Å². The summed E-state index contributed by atoms with van der Waals surface area (Å²) in [5.41, 5.74) is 1.84. The predicted octanol–water partition coefficient (Wildman–Crippen LogP) is 2.74. The third-order valence-electron chi connectivity index (χ3n) is 4.05. The Balaban J connectivity index is 1.80. The molecular weight excluding hydrogens is 292 g/mol. The number of benzene rings is 2. The van der Waals surface area contributed by atoms with Gasteiger partial charge in [-0.1, -0.05) is 18.2 Å². The average molecular weight is 304 g/mol. The van der Waals surface area contributed by atoms with Crippen LogP contribution in [0.2, 0.25) is 0 Å². The topological polar surface area (TPSA) is 70.5 Å². The molecule has 3 aromatic rings. The molecular formula is C18H12N2O3. The summed E-state index contributed by atoms with van der Waals surface area (Å²) in [5.74, 6) is -0.677. The third kappa shape index (κ3) is 1.97. The Morgan fingerprint density at radius 2 is 1.61 bits per heavy atom. The summed E-state index contributed by atoms with van der Waals surface area (Å²) in [6.07, 6.45) is 1.62. The quantitative estimate of drug-likeness (QED) is 0.739. The lowest BCUT2D eigenvalue weighted by molar-refractivity contribution is 0.0642. The molecule has 2 heterocycles. The summed E-state index contributed by atoms with van der Waals surface area (Å²) < 4.78 is 0. The summed E-state index contributed by atoms with van der Waals surface area (Å²) in [6, 6.07) is 13.7. The number of carbonyl (C=O) groups excluding carboxylic acids is 2. The van der Waals surface area contributed by atoms with Crippen LogP contribution in [0.15, 0.2) is 54.7 Å². The summed E-state index contributed by atoms with van der Waals surface area (Å²) in [4.78, 5) is 30.3. The van der Waals surface area contributed by atoms with Gasteiger partial charge in [0.05, 0.1) is 23.2 Å². The second-order valence-electron chi connectivity index (χ2n) is 5.38. The first kappa shape index (κ1) is 13.5. The van der Waals surface area contributed by atoms with Crippen molar-refractivity contribution >= 4 is 22.7 Å². The number of phenolic OH excluding ortho intramolecular Hbond substituents is 1. The highest BCUT2D eigenvalue weighted by molar-refractivity contribution is 6.21. The van der Waals surface area contributed by atoms with Crippen molar-refractivity contribution in [3.05, 3.63) is 71.4 Å². The fraction of sp³-hybridized carbons (Fsp3) is 0.0556. The number of aromatic nitrogens is 1. The number of hydrogen-bond acceptors (Lipinski definition) is 4. The van der Waals surface area contributed by atoms with E-state index in [2.05, 4.69) is 4.98 Å². The van der Waals surface area contributed by atoms with E-state index in [1.807, 2.05) is 6.07 Å². The molecule has 0 radical (unpaired) electrons. The van der Waals surface area contributed by atoms with E-state index >= 15 is 0 Å². The van der Waals surface area contributed by atoms with Crippen LogP contribution in [0.3, 0.4) is 0 Å². The summed E-state index contributed by atoms with van der Waals surface area (Å²) in [6.45, 7) is -0.00741. The van der Waals surface area contributed by atoms with Gasteiger partial charge in [0.1, 0.15) is 5.75 Å². The number of nitrogens with zero attached hydrogens (tertiary/aromatic N) is 2. The number of hydrogen-bond donors (Lipinski definition) is 1. The molecule has 0 bridgehead atoms. The minimum atomic E-state index is -0.349. The molecule has 0 unspecified atom stereocenters. The van der Waals surface area contributed by atoms with Crippen molar-refractivity contribution in [1.29, 1.82) is 0 Å². The lowest BCUT2D eigenvalue weighted by Crippen LogP contribution is -2.29. The van der Waals surface area contributed by atoms with Crippen molar-refractivity contribution in [2.75, 3.05) is 0 Å². The molecule has 5 heteroatoms. The standard InChI is InChI=1S/C18H12N2O3/c21-15-8-7-11-4-3-9-19-16(11)14(15)10-20-17(22)12-5-1-2-6-13(12)18(20)23/h1-9,21H,10H2. The van der Waals surface area contributed by atoms with Crippen LogP contribution >= 0.6 is 0 Å². The first-order valence-corrected chi connectivity index (χ1v) is 7.17. The van der Waals surface area contributed by atoms with Gasteiger partial charge in [-0.2, -0.15) is 0 Å². The lowest BCUT2D eigenvalue weighted by Gasteiger charge is -2.16. The fourth-order valence-corrected chi connectivity index (χ4v) is 2.89. The maximum absolute atomic E-state index is 12.5. The number of imide groups is 1. The number of carbonyl (C=O) groups is 2. The van der Waals surface area contributed by atoms with Gasteiger partial charge in [-0.15, -0.1) is 0 Å². The highest BCUT2D eigenvalue weighted by atomic mass is 16.3. The van der Waals surface area contributed by atoms with Gasteiger partial charge in [-0.05, 0) is 30.3 Å². The number of amides is 2. The SMILES string of the molecule is O=C1c2ccccc2C(=O)N1Cc1c(O)ccc2cccnc12. The van der Waals surface area contributed by atoms with E-state index in [1.165, 1.54) is 0 Å². The Morgan fingerprint density at radius 3 is 2.30 bits per heavy atom. The Kier molecular flexibility index (Phi) is 2.87. The van der Waals surface area contributed by atoms with Gasteiger partial charge in [0.2, 0.25) is 0 Å². The number of fused-ring (bicyclic) bond motifs is 2. The number of rotatable bonds is 2. The molecule has 112 valence electrons. The van der Waals surface area contributed by atoms with Crippen LogP contribution in [0.25, 0.3) is 10.9 Å². The monoisotopic (exact) mass is 304 g/mol. The molecule has 0 fully saturated rings. The molecule has 0 atom stereocenters. The van der Waals surface area contributed by atoms with Gasteiger partial charge in [0, 0.05) is 17.1 Å². The smallest absolute Gasteiger partial charge is 0.261 e. The predicted molar refractivity (Wildman–Crippen MR) is 84.1 cm³/mol. The van der Waals surface area contributed by atoms with Crippen molar-refractivity contribution in [2.24, 2.45) is 0 Å². The van der Waals surface area contributed by atoms with Gasteiger partial charge in [0.15, 0.2) is 0 Å². The van der Waals surface area contributed by atoms with E-state index in [0.717, 1.165) is 10.3 Å². The Labute approximate surface area is 131 Å². The normalized spacial score (nSPS) is 13.7. The Morgan fingerprint density at radius 1 is 0.913 bits per heavy atom. The van der Waals surface area contributed by atoms with E-state index < -0.39 is 0 Å². The molecule has 1 N–H and O–H groups in total. The second-order valence-corrected chi connectivity index (χ2v) is 5.38. The zero-order chi connectivity index (χ0) is 16.0. The maximum atomic E-state index is 12.5. The molecule has 1 aliphatic heterocycles. The molecule has 23 heavy (non-hydrogen) atoms. The van der Waals surface area contributed by atoms with Crippen LogP contribution in [0, 0.1) is 0 Å². The van der Waals surface area contributed by atoms with Crippen molar-refractivity contribution in [3.8, 4) is 5.75 Å². The van der Waals surface area contributed by atoms with Gasteiger partial charge in [-0.25, -0.2) is 0 Å². The first-order chi connectivity index (χ1) is 11.2. The molecule has 0 aliphatic carbocycles. The van der Waals surface area contributed by atoms with Crippen molar-refractivity contribution in [1.82, 2.24) is 9.88 Å². The van der Waals surface area contributed by atoms with E-state index in [4.69, 9.17) is 0 Å². The second kappa shape index (κ2) is 4.91. The van der Waals surface area contributed by atoms with Crippen molar-refractivity contribution in [2.45, 2.75) is 6.54 Å². The van der Waals surface area contributed by atoms with E-state index in [1.54, 1.807) is 48.7 Å². The highest BCUT2D eigenvalue weighted by Crippen LogP contribution is 2.30. The minimum Gasteiger partial charge on any atom is -0.508 e. The average Bonchev–Trinajstić information content (AvgIpc) is 2.82. The van der Waals surface area contributed by atoms with Crippen molar-refractivity contribution < 1.29 is 14.7 Å². The van der Waals surface area contributed by atoms with Gasteiger partial charge >= 0.3 is 0 Å². The molecule has 2 amide bonds. The first-order valence-electron chi connectivity index (χ1n) is 7.17. The summed E-state index contributed by atoms with van der Waals surface area (Å²) in [5, 5.41) is 11.0. The maximum Gasteiger partial charge on any atom is 0.261 e. The molecule has 1 aliphatic rings. The van der Waals surface area contributed by atoms with Crippen LogP contribution in [0.1, 0.15) is 26.3 Å². The van der Waals surface area contributed by atoms with Crippen LogP contribution in [-0.2, 0) is 6.54 Å². The zero-order valence-electron chi connectivity index (χ0n) is 12.1. The third-order valence-corrected chi connectivity index (χ3v) is 4.05. The van der Waals surface area contributed by atoms with E-state index in [9.17, 15) is 14.7 Å². The summed E-state index contributed by atoms with van der Waals surface area (Å²) in [7, 11) is 0. The van der Waals surface area contributed by atoms with Crippen LogP contribution in [0.4, 0.5) is 0 Å². The van der Waals surface area contributed by atoms with E-state index in [0.29, 0.717) is 22.2 Å². The molecule has 0 saturated heterocycles. The van der Waals surface area contributed by atoms with Crippen molar-refractivity contribution in [3.63, 3.8) is 0 Å². The highest BCUT2D eigenvalue weighted by Gasteiger charge is 2.35.